The average Bonchev–Trinajstić information content (AvgIpc) is 2.57. The normalized spacial score (nSPS) is 18.7. The lowest BCUT2D eigenvalue weighted by molar-refractivity contribution is 0.0261. The minimum atomic E-state index is 0.434. The number of rotatable bonds is 5. The molecule has 0 aromatic carbocycles. The molecular formula is C13H21BrN2S. The number of hydrogen-bond donors (Lipinski definition) is 0. The van der Waals surface area contributed by atoms with Crippen molar-refractivity contribution in [2.75, 3.05) is 27.7 Å². The lowest BCUT2D eigenvalue weighted by Crippen LogP contribution is -2.56. The number of halogens is 1. The molecule has 4 heteroatoms. The fourth-order valence-corrected chi connectivity index (χ4v) is 4.16. The molecule has 0 saturated heterocycles. The van der Waals surface area contributed by atoms with Crippen LogP contribution in [0.1, 0.15) is 24.1 Å². The second-order valence-corrected chi connectivity index (χ2v) is 7.90. The summed E-state index contributed by atoms with van der Waals surface area (Å²) < 4.78 is 1.23. The lowest BCUT2D eigenvalue weighted by Gasteiger charge is -2.49. The van der Waals surface area contributed by atoms with Crippen LogP contribution in [0, 0.1) is 0 Å². The van der Waals surface area contributed by atoms with Crippen LogP contribution in [0.15, 0.2) is 15.9 Å². The molecule has 1 aliphatic rings. The molecule has 1 aliphatic carbocycles. The predicted octanol–water partition coefficient (Wildman–Crippen LogP) is 3.43. The standard InChI is InChI=1S/C13H21BrN2S/c1-15(2)13(7-4-8-13)10-16(3)9-11-5-6-12(14)17-11/h5-6H,4,7-10H2,1-3H3. The van der Waals surface area contributed by atoms with Crippen LogP contribution in [-0.4, -0.2) is 43.0 Å². The summed E-state index contributed by atoms with van der Waals surface area (Å²) in [6.45, 7) is 2.24. The first-order valence-electron chi connectivity index (χ1n) is 6.12. The third-order valence-electron chi connectivity index (χ3n) is 3.85. The van der Waals surface area contributed by atoms with Crippen LogP contribution >= 0.6 is 27.3 Å². The number of hydrogen-bond acceptors (Lipinski definition) is 3. The zero-order valence-corrected chi connectivity index (χ0v) is 13.3. The summed E-state index contributed by atoms with van der Waals surface area (Å²) in [5.74, 6) is 0. The number of likely N-dealkylation sites (N-methyl/N-ethyl adjacent to an activating group) is 2. The van der Waals surface area contributed by atoms with Gasteiger partial charge in [-0.3, -0.25) is 4.90 Å². The zero-order valence-electron chi connectivity index (χ0n) is 10.9. The summed E-state index contributed by atoms with van der Waals surface area (Å²) in [4.78, 5) is 6.31. The van der Waals surface area contributed by atoms with Gasteiger partial charge in [-0.15, -0.1) is 11.3 Å². The second kappa shape index (κ2) is 5.39. The van der Waals surface area contributed by atoms with Gasteiger partial charge in [-0.25, -0.2) is 0 Å². The van der Waals surface area contributed by atoms with Crippen molar-refractivity contribution >= 4 is 27.3 Å². The van der Waals surface area contributed by atoms with Gasteiger partial charge in [0.15, 0.2) is 0 Å². The third kappa shape index (κ3) is 3.11. The first-order valence-corrected chi connectivity index (χ1v) is 7.73. The molecular weight excluding hydrogens is 296 g/mol. The van der Waals surface area contributed by atoms with Gasteiger partial charge >= 0.3 is 0 Å². The molecule has 1 aromatic rings. The van der Waals surface area contributed by atoms with Crippen molar-refractivity contribution < 1.29 is 0 Å². The van der Waals surface area contributed by atoms with E-state index in [9.17, 15) is 0 Å². The van der Waals surface area contributed by atoms with Gasteiger partial charge in [-0.05, 0) is 68.5 Å². The Hall–Kier alpha value is 0.1000. The first-order chi connectivity index (χ1) is 8.02. The van der Waals surface area contributed by atoms with E-state index in [1.165, 1.54) is 34.5 Å². The van der Waals surface area contributed by atoms with Crippen molar-refractivity contribution in [3.05, 3.63) is 20.8 Å². The molecule has 0 bridgehead atoms. The van der Waals surface area contributed by atoms with Gasteiger partial charge in [0, 0.05) is 23.5 Å². The molecule has 2 rings (SSSR count). The van der Waals surface area contributed by atoms with Crippen LogP contribution in [0.3, 0.4) is 0 Å². The Labute approximate surface area is 117 Å². The third-order valence-corrected chi connectivity index (χ3v) is 5.46. The van der Waals surface area contributed by atoms with Crippen molar-refractivity contribution in [3.8, 4) is 0 Å². The average molecular weight is 317 g/mol. The minimum absolute atomic E-state index is 0.434. The van der Waals surface area contributed by atoms with E-state index in [-0.39, 0.29) is 0 Å². The van der Waals surface area contributed by atoms with E-state index < -0.39 is 0 Å². The lowest BCUT2D eigenvalue weighted by atomic mass is 9.75. The van der Waals surface area contributed by atoms with Gasteiger partial charge in [0.1, 0.15) is 0 Å². The van der Waals surface area contributed by atoms with Gasteiger partial charge in [-0.1, -0.05) is 0 Å². The summed E-state index contributed by atoms with van der Waals surface area (Å²) in [7, 11) is 6.67. The van der Waals surface area contributed by atoms with Crippen molar-refractivity contribution in [1.82, 2.24) is 9.80 Å². The van der Waals surface area contributed by atoms with Gasteiger partial charge in [-0.2, -0.15) is 0 Å². The first kappa shape index (κ1) is 13.5. The maximum Gasteiger partial charge on any atom is 0.0701 e. The maximum absolute atomic E-state index is 3.52. The molecule has 0 spiro atoms. The van der Waals surface area contributed by atoms with Gasteiger partial charge in [0.2, 0.25) is 0 Å². The SMILES string of the molecule is CN(Cc1ccc(Br)s1)CC1(N(C)C)CCC1. The summed E-state index contributed by atoms with van der Waals surface area (Å²) in [6, 6.07) is 4.35. The minimum Gasteiger partial charge on any atom is -0.302 e. The van der Waals surface area contributed by atoms with E-state index in [0.29, 0.717) is 5.54 Å². The van der Waals surface area contributed by atoms with E-state index in [4.69, 9.17) is 0 Å². The molecule has 0 radical (unpaired) electrons. The quantitative estimate of drug-likeness (QED) is 0.821. The molecule has 1 aromatic heterocycles. The Balaban J connectivity index is 1.90. The molecule has 1 heterocycles. The van der Waals surface area contributed by atoms with Crippen LogP contribution in [0.2, 0.25) is 0 Å². The van der Waals surface area contributed by atoms with Crippen LogP contribution in [0.4, 0.5) is 0 Å². The molecule has 1 fully saturated rings. The largest absolute Gasteiger partial charge is 0.302 e. The van der Waals surface area contributed by atoms with Crippen molar-refractivity contribution in [2.45, 2.75) is 31.3 Å². The van der Waals surface area contributed by atoms with Crippen molar-refractivity contribution in [2.24, 2.45) is 0 Å². The fourth-order valence-electron chi connectivity index (χ4n) is 2.59. The van der Waals surface area contributed by atoms with E-state index >= 15 is 0 Å². The molecule has 2 nitrogen and oxygen atoms in total. The summed E-state index contributed by atoms with van der Waals surface area (Å²) >= 11 is 5.36. The molecule has 0 unspecified atom stereocenters. The zero-order chi connectivity index (χ0) is 12.5. The topological polar surface area (TPSA) is 6.48 Å². The summed E-state index contributed by atoms with van der Waals surface area (Å²) in [5.41, 5.74) is 0.434. The molecule has 1 saturated carbocycles. The van der Waals surface area contributed by atoms with Gasteiger partial charge in [0.25, 0.3) is 0 Å². The highest BCUT2D eigenvalue weighted by atomic mass is 79.9. The Bertz CT molecular complexity index is 371. The van der Waals surface area contributed by atoms with Crippen molar-refractivity contribution in [1.29, 1.82) is 0 Å². The molecule has 17 heavy (non-hydrogen) atoms. The van der Waals surface area contributed by atoms with E-state index in [1.807, 2.05) is 11.3 Å². The van der Waals surface area contributed by atoms with E-state index in [2.05, 4.69) is 59.0 Å². The smallest absolute Gasteiger partial charge is 0.0701 e. The van der Waals surface area contributed by atoms with Gasteiger partial charge < -0.3 is 4.90 Å². The van der Waals surface area contributed by atoms with Crippen LogP contribution < -0.4 is 0 Å². The Morgan fingerprint density at radius 2 is 2.00 bits per heavy atom. The number of thiophene rings is 1. The Morgan fingerprint density at radius 1 is 1.29 bits per heavy atom. The van der Waals surface area contributed by atoms with E-state index in [1.54, 1.807) is 0 Å². The van der Waals surface area contributed by atoms with Crippen molar-refractivity contribution in [3.63, 3.8) is 0 Å². The molecule has 0 amide bonds. The highest BCUT2D eigenvalue weighted by Gasteiger charge is 2.39. The van der Waals surface area contributed by atoms with E-state index in [0.717, 1.165) is 6.54 Å². The fraction of sp³-hybridized carbons (Fsp3) is 0.692. The summed E-state index contributed by atoms with van der Waals surface area (Å²) in [5, 5.41) is 0. The van der Waals surface area contributed by atoms with Gasteiger partial charge in [0.05, 0.1) is 3.79 Å². The Morgan fingerprint density at radius 3 is 2.41 bits per heavy atom. The molecule has 0 aliphatic heterocycles. The van der Waals surface area contributed by atoms with Crippen LogP contribution in [0.25, 0.3) is 0 Å². The summed E-state index contributed by atoms with van der Waals surface area (Å²) in [6.07, 6.45) is 4.08. The Kier molecular flexibility index (Phi) is 4.29. The molecule has 0 N–H and O–H groups in total. The molecule has 0 atom stereocenters. The van der Waals surface area contributed by atoms with Crippen LogP contribution in [-0.2, 0) is 6.54 Å². The highest BCUT2D eigenvalue weighted by Crippen LogP contribution is 2.37. The number of nitrogens with zero attached hydrogens (tertiary/aromatic N) is 2. The second-order valence-electron chi connectivity index (χ2n) is 5.35. The monoisotopic (exact) mass is 316 g/mol. The predicted molar refractivity (Wildman–Crippen MR) is 78.6 cm³/mol. The molecule has 96 valence electrons. The van der Waals surface area contributed by atoms with Crippen LogP contribution in [0.5, 0.6) is 0 Å². The maximum atomic E-state index is 3.52. The highest BCUT2D eigenvalue weighted by molar-refractivity contribution is 9.11.